The van der Waals surface area contributed by atoms with E-state index in [1.807, 2.05) is 25.6 Å². The predicted octanol–water partition coefficient (Wildman–Crippen LogP) is 2.41. The van der Waals surface area contributed by atoms with Gasteiger partial charge in [0.25, 0.3) is 0 Å². The summed E-state index contributed by atoms with van der Waals surface area (Å²) < 4.78 is 0. The Hall–Kier alpha value is -0.220. The molecule has 0 aliphatic carbocycles. The lowest BCUT2D eigenvalue weighted by atomic mass is 10.2. The largest absolute Gasteiger partial charge is 0.354 e. The quantitative estimate of drug-likeness (QED) is 0.561. The minimum atomic E-state index is 0.146. The Bertz CT molecular complexity index is 186. The van der Waals surface area contributed by atoms with E-state index >= 15 is 0 Å². The Labute approximate surface area is 111 Å². The molecule has 0 heterocycles. The van der Waals surface area contributed by atoms with E-state index < -0.39 is 0 Å². The highest BCUT2D eigenvalue weighted by atomic mass is 32.2. The summed E-state index contributed by atoms with van der Waals surface area (Å²) in [6, 6.07) is 0.249. The van der Waals surface area contributed by atoms with Crippen LogP contribution in [0, 0.1) is 0 Å². The molecule has 0 unspecified atom stereocenters. The van der Waals surface area contributed by atoms with Crippen molar-refractivity contribution in [2.75, 3.05) is 25.1 Å². The molecule has 0 spiro atoms. The number of thioether (sulfide) groups is 1. The standard InChI is InChI=1S/C13H28N2OS/c1-12(2)15-13(16)8-10-14-9-6-4-5-7-11-17-3/h12,14H,4-11H2,1-3H3,(H,15,16). The van der Waals surface area contributed by atoms with Crippen molar-refractivity contribution < 1.29 is 4.79 Å². The first-order valence-electron chi connectivity index (χ1n) is 6.66. The van der Waals surface area contributed by atoms with Crippen molar-refractivity contribution in [3.8, 4) is 0 Å². The number of amides is 1. The van der Waals surface area contributed by atoms with E-state index in [1.165, 1.54) is 31.4 Å². The van der Waals surface area contributed by atoms with Crippen LogP contribution in [0.3, 0.4) is 0 Å². The highest BCUT2D eigenvalue weighted by Crippen LogP contribution is 2.03. The van der Waals surface area contributed by atoms with Crippen LogP contribution in [0.1, 0.15) is 46.0 Å². The fourth-order valence-electron chi connectivity index (χ4n) is 1.57. The van der Waals surface area contributed by atoms with Gasteiger partial charge in [-0.2, -0.15) is 11.8 Å². The van der Waals surface area contributed by atoms with Gasteiger partial charge in [0.2, 0.25) is 5.91 Å². The summed E-state index contributed by atoms with van der Waals surface area (Å²) in [5.41, 5.74) is 0. The van der Waals surface area contributed by atoms with Gasteiger partial charge in [-0.15, -0.1) is 0 Å². The fraction of sp³-hybridized carbons (Fsp3) is 0.923. The number of rotatable bonds is 11. The molecule has 2 N–H and O–H groups in total. The van der Waals surface area contributed by atoms with Crippen molar-refractivity contribution in [1.82, 2.24) is 10.6 Å². The average molecular weight is 260 g/mol. The SMILES string of the molecule is CSCCCCCCNCCC(=O)NC(C)C. The minimum absolute atomic E-state index is 0.146. The van der Waals surface area contributed by atoms with Gasteiger partial charge in [0.15, 0.2) is 0 Å². The molecule has 102 valence electrons. The van der Waals surface area contributed by atoms with Crippen molar-refractivity contribution in [1.29, 1.82) is 0 Å². The number of carbonyl (C=O) groups is 1. The molecule has 0 saturated heterocycles. The molecule has 1 amide bonds. The lowest BCUT2D eigenvalue weighted by molar-refractivity contribution is -0.121. The number of hydrogen-bond donors (Lipinski definition) is 2. The summed E-state index contributed by atoms with van der Waals surface area (Å²) in [5, 5.41) is 6.20. The van der Waals surface area contributed by atoms with E-state index in [4.69, 9.17) is 0 Å². The molecule has 0 aliphatic heterocycles. The van der Waals surface area contributed by atoms with E-state index in [-0.39, 0.29) is 11.9 Å². The van der Waals surface area contributed by atoms with Crippen LogP contribution in [0.25, 0.3) is 0 Å². The molecule has 0 bridgehead atoms. The summed E-state index contributed by atoms with van der Waals surface area (Å²) in [5.74, 6) is 1.43. The molecule has 0 aliphatic rings. The van der Waals surface area contributed by atoms with Crippen LogP contribution in [-0.2, 0) is 4.79 Å². The Kier molecular flexibility index (Phi) is 12.1. The van der Waals surface area contributed by atoms with E-state index in [0.29, 0.717) is 6.42 Å². The molecule has 0 aromatic carbocycles. The van der Waals surface area contributed by atoms with Crippen LogP contribution in [-0.4, -0.2) is 37.0 Å². The second-order valence-corrected chi connectivity index (χ2v) is 5.61. The van der Waals surface area contributed by atoms with Crippen molar-refractivity contribution >= 4 is 17.7 Å². The van der Waals surface area contributed by atoms with Crippen LogP contribution in [0.15, 0.2) is 0 Å². The zero-order chi connectivity index (χ0) is 12.9. The smallest absolute Gasteiger partial charge is 0.221 e. The van der Waals surface area contributed by atoms with Crippen LogP contribution in [0.5, 0.6) is 0 Å². The zero-order valence-electron chi connectivity index (χ0n) is 11.6. The molecule has 0 aromatic heterocycles. The van der Waals surface area contributed by atoms with Crippen molar-refractivity contribution in [2.24, 2.45) is 0 Å². The molecule has 0 saturated carbocycles. The van der Waals surface area contributed by atoms with Crippen LogP contribution in [0.4, 0.5) is 0 Å². The normalized spacial score (nSPS) is 10.8. The van der Waals surface area contributed by atoms with Gasteiger partial charge in [-0.1, -0.05) is 12.8 Å². The fourth-order valence-corrected chi connectivity index (χ4v) is 2.06. The Morgan fingerprint density at radius 3 is 2.47 bits per heavy atom. The Balaban J connectivity index is 3.10. The highest BCUT2D eigenvalue weighted by molar-refractivity contribution is 7.98. The third-order valence-electron chi connectivity index (χ3n) is 2.43. The summed E-state index contributed by atoms with van der Waals surface area (Å²) in [6.07, 6.45) is 7.93. The van der Waals surface area contributed by atoms with E-state index in [2.05, 4.69) is 16.9 Å². The first-order chi connectivity index (χ1) is 8.16. The molecule has 4 heteroatoms. The minimum Gasteiger partial charge on any atom is -0.354 e. The molecule has 3 nitrogen and oxygen atoms in total. The molecule has 0 aromatic rings. The molecule has 0 radical (unpaired) electrons. The molecule has 0 rings (SSSR count). The van der Waals surface area contributed by atoms with Crippen LogP contribution >= 0.6 is 11.8 Å². The summed E-state index contributed by atoms with van der Waals surface area (Å²) in [7, 11) is 0. The lowest BCUT2D eigenvalue weighted by Crippen LogP contribution is -2.32. The zero-order valence-corrected chi connectivity index (χ0v) is 12.4. The van der Waals surface area contributed by atoms with Crippen molar-refractivity contribution in [2.45, 2.75) is 52.0 Å². The average Bonchev–Trinajstić information content (AvgIpc) is 2.26. The van der Waals surface area contributed by atoms with Crippen molar-refractivity contribution in [3.05, 3.63) is 0 Å². The lowest BCUT2D eigenvalue weighted by Gasteiger charge is -2.08. The number of nitrogens with one attached hydrogen (secondary N) is 2. The van der Waals surface area contributed by atoms with E-state index in [0.717, 1.165) is 13.1 Å². The maximum atomic E-state index is 11.3. The van der Waals surface area contributed by atoms with Gasteiger partial charge in [0.05, 0.1) is 0 Å². The van der Waals surface area contributed by atoms with Gasteiger partial charge in [0, 0.05) is 19.0 Å². The first kappa shape index (κ1) is 16.8. The molecule has 17 heavy (non-hydrogen) atoms. The molecular formula is C13H28N2OS. The monoisotopic (exact) mass is 260 g/mol. The highest BCUT2D eigenvalue weighted by Gasteiger charge is 2.01. The first-order valence-corrected chi connectivity index (χ1v) is 8.05. The summed E-state index contributed by atoms with van der Waals surface area (Å²) in [4.78, 5) is 11.3. The number of hydrogen-bond acceptors (Lipinski definition) is 3. The third-order valence-corrected chi connectivity index (χ3v) is 3.13. The summed E-state index contributed by atoms with van der Waals surface area (Å²) in [6.45, 7) is 5.80. The van der Waals surface area contributed by atoms with Gasteiger partial charge in [-0.3, -0.25) is 4.79 Å². The van der Waals surface area contributed by atoms with Crippen LogP contribution < -0.4 is 10.6 Å². The number of carbonyl (C=O) groups excluding carboxylic acids is 1. The van der Waals surface area contributed by atoms with Gasteiger partial charge < -0.3 is 10.6 Å². The molecule has 0 atom stereocenters. The summed E-state index contributed by atoms with van der Waals surface area (Å²) >= 11 is 1.92. The van der Waals surface area contributed by atoms with Gasteiger partial charge in [-0.25, -0.2) is 0 Å². The van der Waals surface area contributed by atoms with Gasteiger partial charge in [0.1, 0.15) is 0 Å². The second kappa shape index (κ2) is 12.2. The maximum absolute atomic E-state index is 11.3. The molecular weight excluding hydrogens is 232 g/mol. The second-order valence-electron chi connectivity index (χ2n) is 4.63. The molecule has 0 fully saturated rings. The van der Waals surface area contributed by atoms with Gasteiger partial charge in [-0.05, 0) is 45.2 Å². The van der Waals surface area contributed by atoms with Gasteiger partial charge >= 0.3 is 0 Å². The Morgan fingerprint density at radius 2 is 1.82 bits per heavy atom. The topological polar surface area (TPSA) is 41.1 Å². The van der Waals surface area contributed by atoms with E-state index in [1.54, 1.807) is 0 Å². The van der Waals surface area contributed by atoms with E-state index in [9.17, 15) is 4.79 Å². The number of unbranched alkanes of at least 4 members (excludes halogenated alkanes) is 3. The van der Waals surface area contributed by atoms with Crippen molar-refractivity contribution in [3.63, 3.8) is 0 Å². The Morgan fingerprint density at radius 1 is 1.12 bits per heavy atom. The predicted molar refractivity (Wildman–Crippen MR) is 77.6 cm³/mol. The maximum Gasteiger partial charge on any atom is 0.221 e. The van der Waals surface area contributed by atoms with Crippen LogP contribution in [0.2, 0.25) is 0 Å². The third kappa shape index (κ3) is 13.7.